The van der Waals surface area contributed by atoms with E-state index in [0.717, 1.165) is 13.2 Å². The van der Waals surface area contributed by atoms with Crippen molar-refractivity contribution in [3.8, 4) is 0 Å². The van der Waals surface area contributed by atoms with Crippen LogP contribution in [0, 0.1) is 0 Å². The molecule has 0 N–H and O–H groups in total. The largest absolute Gasteiger partial charge is 0.360 e. The van der Waals surface area contributed by atoms with E-state index in [0.29, 0.717) is 6.04 Å². The fourth-order valence-electron chi connectivity index (χ4n) is 2.45. The zero-order chi connectivity index (χ0) is 10.2. The van der Waals surface area contributed by atoms with Crippen molar-refractivity contribution in [2.24, 2.45) is 0 Å². The quantitative estimate of drug-likeness (QED) is 0.628. The average molecular weight is 198 g/mol. The highest BCUT2D eigenvalue weighted by molar-refractivity contribution is 4.90. The van der Waals surface area contributed by atoms with Gasteiger partial charge in [0.05, 0.1) is 5.60 Å². The number of rotatable bonds is 1. The van der Waals surface area contributed by atoms with Crippen LogP contribution in [-0.2, 0) is 4.74 Å². The Labute approximate surface area is 87.0 Å². The van der Waals surface area contributed by atoms with Gasteiger partial charge >= 0.3 is 0 Å². The Morgan fingerprint density at radius 3 is 2.93 bits per heavy atom. The maximum absolute atomic E-state index is 5.93. The van der Waals surface area contributed by atoms with E-state index in [1.807, 2.05) is 0 Å². The maximum atomic E-state index is 5.93. The number of ether oxygens (including phenoxy) is 1. The van der Waals surface area contributed by atoms with E-state index in [9.17, 15) is 0 Å². The minimum absolute atomic E-state index is 0.124. The predicted molar refractivity (Wildman–Crippen MR) is 57.3 cm³/mol. The predicted octanol–water partition coefficient (Wildman–Crippen LogP) is 1.15. The second kappa shape index (κ2) is 3.80. The van der Waals surface area contributed by atoms with Gasteiger partial charge in [0.25, 0.3) is 0 Å². The van der Waals surface area contributed by atoms with E-state index in [2.05, 4.69) is 30.7 Å². The number of hydrogen-bond acceptors (Lipinski definition) is 3. The molecule has 0 aliphatic carbocycles. The lowest BCUT2D eigenvalue weighted by atomic mass is 9.90. The molecule has 0 spiro atoms. The lowest BCUT2D eigenvalue weighted by Crippen LogP contribution is -2.59. The molecule has 0 radical (unpaired) electrons. The lowest BCUT2D eigenvalue weighted by molar-refractivity contribution is -0.165. The van der Waals surface area contributed by atoms with Crippen LogP contribution in [0.3, 0.4) is 0 Å². The minimum atomic E-state index is 0.124. The summed E-state index contributed by atoms with van der Waals surface area (Å²) in [5, 5.41) is 0. The van der Waals surface area contributed by atoms with Gasteiger partial charge in [-0.3, -0.25) is 4.90 Å². The van der Waals surface area contributed by atoms with Gasteiger partial charge in [-0.2, -0.15) is 0 Å². The van der Waals surface area contributed by atoms with Crippen molar-refractivity contribution in [3.63, 3.8) is 0 Å². The summed E-state index contributed by atoms with van der Waals surface area (Å²) >= 11 is 0. The number of likely N-dealkylation sites (N-methyl/N-ethyl adjacent to an activating group) is 1. The van der Waals surface area contributed by atoms with E-state index < -0.39 is 0 Å². The molecule has 2 rings (SSSR count). The fraction of sp³-hybridized carbons (Fsp3) is 1.00. The lowest BCUT2D eigenvalue weighted by Gasteiger charge is -2.48. The summed E-state index contributed by atoms with van der Waals surface area (Å²) in [5.74, 6) is 0. The molecule has 82 valence electrons. The Balaban J connectivity index is 1.99. The molecule has 2 saturated heterocycles. The smallest absolute Gasteiger partial charge is 0.100 e. The van der Waals surface area contributed by atoms with Gasteiger partial charge in [0.15, 0.2) is 0 Å². The Morgan fingerprint density at radius 2 is 2.21 bits per heavy atom. The first kappa shape index (κ1) is 10.4. The van der Waals surface area contributed by atoms with Gasteiger partial charge in [-0.25, -0.2) is 0 Å². The molecule has 3 heteroatoms. The summed E-state index contributed by atoms with van der Waals surface area (Å²) in [4.78, 5) is 4.92. The molecule has 0 aromatic carbocycles. The van der Waals surface area contributed by atoms with Crippen LogP contribution in [0.15, 0.2) is 0 Å². The van der Waals surface area contributed by atoms with Crippen molar-refractivity contribution >= 4 is 0 Å². The van der Waals surface area contributed by atoms with Gasteiger partial charge < -0.3 is 9.64 Å². The van der Waals surface area contributed by atoms with E-state index in [4.69, 9.17) is 4.74 Å². The molecule has 2 atom stereocenters. The van der Waals surface area contributed by atoms with Crippen molar-refractivity contribution in [1.29, 1.82) is 0 Å². The van der Waals surface area contributed by atoms with E-state index in [1.54, 1.807) is 0 Å². The topological polar surface area (TPSA) is 15.7 Å². The molecule has 0 aromatic heterocycles. The highest BCUT2D eigenvalue weighted by atomic mass is 16.5. The van der Waals surface area contributed by atoms with Crippen LogP contribution in [0.25, 0.3) is 0 Å². The zero-order valence-electron chi connectivity index (χ0n) is 9.62. The second-order valence-electron chi connectivity index (χ2n) is 5.01. The van der Waals surface area contributed by atoms with Gasteiger partial charge in [0.2, 0.25) is 0 Å². The first-order valence-electron chi connectivity index (χ1n) is 5.69. The Hall–Kier alpha value is -0.120. The molecular weight excluding hydrogens is 176 g/mol. The highest BCUT2D eigenvalue weighted by Gasteiger charge is 2.38. The summed E-state index contributed by atoms with van der Waals surface area (Å²) in [6, 6.07) is 0.715. The fourth-order valence-corrected chi connectivity index (χ4v) is 2.45. The van der Waals surface area contributed by atoms with E-state index >= 15 is 0 Å². The van der Waals surface area contributed by atoms with Crippen LogP contribution in [0.1, 0.15) is 26.7 Å². The van der Waals surface area contributed by atoms with E-state index in [-0.39, 0.29) is 5.60 Å². The van der Waals surface area contributed by atoms with Crippen LogP contribution in [0.2, 0.25) is 0 Å². The summed E-state index contributed by atoms with van der Waals surface area (Å²) < 4.78 is 5.93. The van der Waals surface area contributed by atoms with Crippen LogP contribution >= 0.6 is 0 Å². The Morgan fingerprint density at radius 1 is 1.43 bits per heavy atom. The average Bonchev–Trinajstić information content (AvgIpc) is 2.17. The standard InChI is InChI=1S/C11H22N2O/c1-4-11(2)7-10-8-12(3)5-6-13(10)9-14-11/h10H,4-9H2,1-3H3. The molecule has 2 aliphatic heterocycles. The van der Waals surface area contributed by atoms with Crippen LogP contribution < -0.4 is 0 Å². The third-order valence-electron chi connectivity index (χ3n) is 3.80. The van der Waals surface area contributed by atoms with Gasteiger partial charge in [-0.05, 0) is 26.8 Å². The molecular formula is C11H22N2O. The van der Waals surface area contributed by atoms with E-state index in [1.165, 1.54) is 26.1 Å². The van der Waals surface area contributed by atoms with Gasteiger partial charge in [0, 0.05) is 25.7 Å². The SMILES string of the molecule is CCC1(C)CC2CN(C)CCN2CO1. The normalized spacial score (nSPS) is 40.9. The number of piperazine rings is 1. The molecule has 14 heavy (non-hydrogen) atoms. The number of hydrogen-bond donors (Lipinski definition) is 0. The Bertz CT molecular complexity index is 209. The molecule has 2 fully saturated rings. The van der Waals surface area contributed by atoms with Crippen LogP contribution in [0.5, 0.6) is 0 Å². The highest BCUT2D eigenvalue weighted by Crippen LogP contribution is 2.30. The molecule has 0 amide bonds. The summed E-state index contributed by atoms with van der Waals surface area (Å²) in [5.41, 5.74) is 0.124. The minimum Gasteiger partial charge on any atom is -0.360 e. The van der Waals surface area contributed by atoms with Crippen molar-refractivity contribution in [2.75, 3.05) is 33.4 Å². The third kappa shape index (κ3) is 1.95. The van der Waals surface area contributed by atoms with Gasteiger partial charge in [-0.1, -0.05) is 6.92 Å². The second-order valence-corrected chi connectivity index (χ2v) is 5.01. The van der Waals surface area contributed by atoms with Crippen LogP contribution in [-0.4, -0.2) is 54.9 Å². The van der Waals surface area contributed by atoms with Gasteiger partial charge in [-0.15, -0.1) is 0 Å². The van der Waals surface area contributed by atoms with Crippen molar-refractivity contribution < 1.29 is 4.74 Å². The number of nitrogens with zero attached hydrogens (tertiary/aromatic N) is 2. The molecule has 0 aromatic rings. The van der Waals surface area contributed by atoms with Crippen molar-refractivity contribution in [2.45, 2.75) is 38.3 Å². The summed E-state index contributed by atoms with van der Waals surface area (Å²) in [6.45, 7) is 8.87. The van der Waals surface area contributed by atoms with Crippen LogP contribution in [0.4, 0.5) is 0 Å². The summed E-state index contributed by atoms with van der Waals surface area (Å²) in [7, 11) is 2.22. The zero-order valence-corrected chi connectivity index (χ0v) is 9.62. The first-order valence-corrected chi connectivity index (χ1v) is 5.69. The number of fused-ring (bicyclic) bond motifs is 1. The van der Waals surface area contributed by atoms with Gasteiger partial charge in [0.1, 0.15) is 6.73 Å². The molecule has 0 bridgehead atoms. The molecule has 2 aliphatic rings. The van der Waals surface area contributed by atoms with Crippen molar-refractivity contribution in [3.05, 3.63) is 0 Å². The summed E-state index contributed by atoms with van der Waals surface area (Å²) in [6.07, 6.45) is 2.31. The third-order valence-corrected chi connectivity index (χ3v) is 3.80. The molecule has 2 unspecified atom stereocenters. The Kier molecular flexibility index (Phi) is 2.82. The first-order chi connectivity index (χ1) is 6.63. The molecule has 3 nitrogen and oxygen atoms in total. The van der Waals surface area contributed by atoms with Crippen molar-refractivity contribution in [1.82, 2.24) is 9.80 Å². The molecule has 2 heterocycles. The maximum Gasteiger partial charge on any atom is 0.100 e. The monoisotopic (exact) mass is 198 g/mol. The molecule has 0 saturated carbocycles.